The van der Waals surface area contributed by atoms with Crippen molar-refractivity contribution in [3.05, 3.63) is 51.2 Å². The summed E-state index contributed by atoms with van der Waals surface area (Å²) >= 11 is 0. The summed E-state index contributed by atoms with van der Waals surface area (Å²) in [4.78, 5) is 33.8. The monoisotopic (exact) mass is 291 g/mol. The number of ether oxygens (including phenoxy) is 1. The van der Waals surface area contributed by atoms with E-state index >= 15 is 0 Å². The molecule has 0 aliphatic carbocycles. The largest absolute Gasteiger partial charge is 0.466 e. The summed E-state index contributed by atoms with van der Waals surface area (Å²) in [5, 5.41) is 15.9. The first-order valence-corrected chi connectivity index (χ1v) is 6.05. The van der Waals surface area contributed by atoms with Gasteiger partial charge in [-0.2, -0.15) is 0 Å². The minimum absolute atomic E-state index is 0.123. The molecule has 2 N–H and O–H groups in total. The van der Waals surface area contributed by atoms with E-state index in [0.29, 0.717) is 11.3 Å². The highest BCUT2D eigenvalue weighted by Crippen LogP contribution is 2.29. The topological polar surface area (TPSA) is 111 Å². The molecule has 8 nitrogen and oxygen atoms in total. The fourth-order valence-corrected chi connectivity index (χ4v) is 2.14. The molecule has 1 aliphatic heterocycles. The van der Waals surface area contributed by atoms with Crippen LogP contribution in [0.4, 0.5) is 10.5 Å². The highest BCUT2D eigenvalue weighted by Gasteiger charge is 2.32. The van der Waals surface area contributed by atoms with Gasteiger partial charge in [-0.15, -0.1) is 0 Å². The molecule has 1 aromatic carbocycles. The molecule has 110 valence electrons. The predicted molar refractivity (Wildman–Crippen MR) is 72.2 cm³/mol. The van der Waals surface area contributed by atoms with Crippen molar-refractivity contribution in [2.45, 2.75) is 13.0 Å². The zero-order chi connectivity index (χ0) is 15.6. The van der Waals surface area contributed by atoms with Crippen molar-refractivity contribution < 1.29 is 19.2 Å². The second kappa shape index (κ2) is 5.61. The van der Waals surface area contributed by atoms with Crippen LogP contribution in [0.5, 0.6) is 0 Å². The average molecular weight is 291 g/mol. The van der Waals surface area contributed by atoms with Gasteiger partial charge in [-0.25, -0.2) is 9.59 Å². The van der Waals surface area contributed by atoms with E-state index in [0.717, 1.165) is 0 Å². The average Bonchev–Trinajstić information content (AvgIpc) is 2.45. The molecule has 2 amide bonds. The molecule has 1 aliphatic rings. The van der Waals surface area contributed by atoms with E-state index in [9.17, 15) is 19.7 Å². The minimum Gasteiger partial charge on any atom is -0.466 e. The number of hydrogen-bond acceptors (Lipinski definition) is 5. The van der Waals surface area contributed by atoms with Crippen LogP contribution >= 0.6 is 0 Å². The zero-order valence-corrected chi connectivity index (χ0v) is 11.4. The number of non-ortho nitro benzene ring substituents is 1. The second-order valence-electron chi connectivity index (χ2n) is 4.41. The molecule has 1 heterocycles. The molecule has 2 rings (SSSR count). The number of allylic oxidation sites excluding steroid dienone is 1. The molecule has 0 bridgehead atoms. The third-order valence-corrected chi connectivity index (χ3v) is 3.09. The molecule has 21 heavy (non-hydrogen) atoms. The normalized spacial score (nSPS) is 17.8. The Morgan fingerprint density at radius 2 is 2.14 bits per heavy atom. The molecule has 0 spiro atoms. The standard InChI is InChI=1S/C13H13N3O5/c1-7-10(12(17)21-2)11(15-13(18)14-7)8-4-3-5-9(6-8)16(19)20/h3-6,11H,1-2H3,(H2,14,15,18)/t11-/m0/s1. The summed E-state index contributed by atoms with van der Waals surface area (Å²) in [6, 6.07) is 4.45. The molecule has 0 unspecified atom stereocenters. The lowest BCUT2D eigenvalue weighted by molar-refractivity contribution is -0.384. The van der Waals surface area contributed by atoms with Crippen LogP contribution in [0.3, 0.4) is 0 Å². The number of nitrogens with zero attached hydrogens (tertiary/aromatic N) is 1. The van der Waals surface area contributed by atoms with E-state index in [1.165, 1.54) is 25.3 Å². The van der Waals surface area contributed by atoms with E-state index in [2.05, 4.69) is 10.6 Å². The lowest BCUT2D eigenvalue weighted by Crippen LogP contribution is -2.45. The van der Waals surface area contributed by atoms with Crippen molar-refractivity contribution >= 4 is 17.7 Å². The maximum Gasteiger partial charge on any atom is 0.337 e. The molecule has 8 heteroatoms. The van der Waals surface area contributed by atoms with Crippen LogP contribution in [0.1, 0.15) is 18.5 Å². The van der Waals surface area contributed by atoms with Gasteiger partial charge in [-0.3, -0.25) is 10.1 Å². The third-order valence-electron chi connectivity index (χ3n) is 3.09. The maximum absolute atomic E-state index is 11.9. The van der Waals surface area contributed by atoms with E-state index in [1.807, 2.05) is 0 Å². The number of nitrogens with one attached hydrogen (secondary N) is 2. The Kier molecular flexibility index (Phi) is 3.88. The number of carbonyl (C=O) groups excluding carboxylic acids is 2. The summed E-state index contributed by atoms with van der Waals surface area (Å²) in [6.45, 7) is 1.56. The number of benzene rings is 1. The van der Waals surface area contributed by atoms with Crippen LogP contribution in [0, 0.1) is 10.1 Å². The maximum atomic E-state index is 11.9. The van der Waals surface area contributed by atoms with E-state index in [1.54, 1.807) is 13.0 Å². The van der Waals surface area contributed by atoms with Crippen molar-refractivity contribution in [1.29, 1.82) is 0 Å². The Morgan fingerprint density at radius 1 is 1.43 bits per heavy atom. The van der Waals surface area contributed by atoms with Gasteiger partial charge >= 0.3 is 12.0 Å². The van der Waals surface area contributed by atoms with Crippen molar-refractivity contribution in [1.82, 2.24) is 10.6 Å². The first-order chi connectivity index (χ1) is 9.93. The van der Waals surface area contributed by atoms with Crippen molar-refractivity contribution in [3.63, 3.8) is 0 Å². The number of amides is 2. The SMILES string of the molecule is COC(=O)C1=C(C)NC(=O)N[C@H]1c1cccc([N+](=O)[O-])c1. The molecule has 0 fully saturated rings. The summed E-state index contributed by atoms with van der Waals surface area (Å²) in [5.74, 6) is -0.614. The van der Waals surface area contributed by atoms with Crippen molar-refractivity contribution in [2.24, 2.45) is 0 Å². The molecule has 0 saturated carbocycles. The van der Waals surface area contributed by atoms with Gasteiger partial charge in [0.1, 0.15) is 0 Å². The quantitative estimate of drug-likeness (QED) is 0.496. The van der Waals surface area contributed by atoms with Crippen LogP contribution in [0.25, 0.3) is 0 Å². The van der Waals surface area contributed by atoms with E-state index < -0.39 is 23.0 Å². The molecular formula is C13H13N3O5. The van der Waals surface area contributed by atoms with Gasteiger partial charge in [0.15, 0.2) is 0 Å². The fraction of sp³-hybridized carbons (Fsp3) is 0.231. The minimum atomic E-state index is -0.800. The lowest BCUT2D eigenvalue weighted by Gasteiger charge is -2.27. The summed E-state index contributed by atoms with van der Waals surface area (Å²) in [5.41, 5.74) is 0.862. The number of urea groups is 1. The number of carbonyl (C=O) groups is 2. The van der Waals surface area contributed by atoms with Gasteiger partial charge < -0.3 is 15.4 Å². The zero-order valence-electron chi connectivity index (χ0n) is 11.4. The van der Waals surface area contributed by atoms with Crippen molar-refractivity contribution in [3.8, 4) is 0 Å². The number of esters is 1. The first kappa shape index (κ1) is 14.5. The molecule has 0 aromatic heterocycles. The Labute approximate surface area is 119 Å². The number of nitro benzene ring substituents is 1. The van der Waals surface area contributed by atoms with Crippen LogP contribution < -0.4 is 10.6 Å². The van der Waals surface area contributed by atoms with Crippen LogP contribution in [0.15, 0.2) is 35.5 Å². The molecule has 0 radical (unpaired) electrons. The Balaban J connectivity index is 2.51. The van der Waals surface area contributed by atoms with E-state index in [-0.39, 0.29) is 11.3 Å². The van der Waals surface area contributed by atoms with Crippen LogP contribution in [-0.4, -0.2) is 24.0 Å². The van der Waals surface area contributed by atoms with Gasteiger partial charge in [0, 0.05) is 17.8 Å². The highest BCUT2D eigenvalue weighted by atomic mass is 16.6. The Morgan fingerprint density at radius 3 is 2.76 bits per heavy atom. The van der Waals surface area contributed by atoms with Crippen LogP contribution in [-0.2, 0) is 9.53 Å². The summed E-state index contributed by atoms with van der Waals surface area (Å²) in [7, 11) is 1.23. The second-order valence-corrected chi connectivity index (χ2v) is 4.41. The lowest BCUT2D eigenvalue weighted by atomic mass is 9.95. The number of methoxy groups -OCH3 is 1. The summed E-state index contributed by atoms with van der Waals surface area (Å²) in [6.07, 6.45) is 0. The highest BCUT2D eigenvalue weighted by molar-refractivity contribution is 5.94. The Bertz CT molecular complexity index is 653. The van der Waals surface area contributed by atoms with Gasteiger partial charge in [0.25, 0.3) is 5.69 Å². The number of rotatable bonds is 3. The smallest absolute Gasteiger partial charge is 0.337 e. The van der Waals surface area contributed by atoms with Crippen LogP contribution in [0.2, 0.25) is 0 Å². The number of hydrogen-bond donors (Lipinski definition) is 2. The van der Waals surface area contributed by atoms with Gasteiger partial charge in [0.2, 0.25) is 0 Å². The van der Waals surface area contributed by atoms with Gasteiger partial charge in [-0.05, 0) is 12.5 Å². The molecule has 1 atom stereocenters. The molecule has 1 aromatic rings. The van der Waals surface area contributed by atoms with Gasteiger partial charge in [-0.1, -0.05) is 12.1 Å². The number of nitro groups is 1. The Hall–Kier alpha value is -2.90. The first-order valence-electron chi connectivity index (χ1n) is 6.05. The fourth-order valence-electron chi connectivity index (χ4n) is 2.14. The van der Waals surface area contributed by atoms with Crippen molar-refractivity contribution in [2.75, 3.05) is 7.11 Å². The van der Waals surface area contributed by atoms with E-state index in [4.69, 9.17) is 4.74 Å². The molecule has 0 saturated heterocycles. The third kappa shape index (κ3) is 2.83. The predicted octanol–water partition coefficient (Wildman–Crippen LogP) is 1.40. The van der Waals surface area contributed by atoms with Gasteiger partial charge in [0.05, 0.1) is 23.6 Å². The molecular weight excluding hydrogens is 278 g/mol. The summed E-state index contributed by atoms with van der Waals surface area (Å²) < 4.78 is 4.70.